The number of hydrogen-bond donors (Lipinski definition) is 0. The van der Waals surface area contributed by atoms with Crippen molar-refractivity contribution in [3.8, 4) is 22.3 Å². The van der Waals surface area contributed by atoms with E-state index < -0.39 is 0 Å². The molecule has 11 rings (SSSR count). The molecule has 11 aromatic carbocycles. The molecule has 256 valence electrons. The third kappa shape index (κ3) is 5.32. The highest BCUT2D eigenvalue weighted by molar-refractivity contribution is 6.27. The molecule has 0 aromatic heterocycles. The number of fused-ring (bicyclic) bond motifs is 10. The monoisotopic (exact) mass is 697 g/mol. The van der Waals surface area contributed by atoms with E-state index in [1.54, 1.807) is 0 Å². The van der Waals surface area contributed by atoms with E-state index in [-0.39, 0.29) is 0 Å². The van der Waals surface area contributed by atoms with Gasteiger partial charge in [-0.2, -0.15) is 0 Å². The zero-order chi connectivity index (χ0) is 36.3. The van der Waals surface area contributed by atoms with Crippen LogP contribution in [-0.2, 0) is 0 Å². The predicted octanol–water partition coefficient (Wildman–Crippen LogP) is 15.4. The predicted molar refractivity (Wildman–Crippen MR) is 237 cm³/mol. The van der Waals surface area contributed by atoms with Crippen LogP contribution in [0.1, 0.15) is 0 Å². The van der Waals surface area contributed by atoms with Crippen molar-refractivity contribution in [2.24, 2.45) is 0 Å². The number of benzene rings is 11. The first-order valence-corrected chi connectivity index (χ1v) is 19.0. The van der Waals surface area contributed by atoms with Crippen LogP contribution in [0.2, 0.25) is 0 Å². The summed E-state index contributed by atoms with van der Waals surface area (Å²) in [6, 6.07) is 77.9. The summed E-state index contributed by atoms with van der Waals surface area (Å²) in [5.74, 6) is 0. The van der Waals surface area contributed by atoms with Crippen LogP contribution in [0, 0.1) is 0 Å². The van der Waals surface area contributed by atoms with E-state index in [0.717, 1.165) is 17.1 Å². The average Bonchev–Trinajstić information content (AvgIpc) is 3.26. The third-order valence-corrected chi connectivity index (χ3v) is 11.4. The second-order valence-corrected chi connectivity index (χ2v) is 14.5. The Morgan fingerprint density at radius 1 is 0.218 bits per heavy atom. The quantitative estimate of drug-likeness (QED) is 0.162. The normalized spacial score (nSPS) is 11.6. The molecule has 0 aliphatic rings. The van der Waals surface area contributed by atoms with Gasteiger partial charge in [-0.1, -0.05) is 170 Å². The smallest absolute Gasteiger partial charge is 0.0468 e. The molecule has 0 spiro atoms. The fourth-order valence-corrected chi connectivity index (χ4v) is 8.67. The lowest BCUT2D eigenvalue weighted by Crippen LogP contribution is -2.10. The molecule has 0 bridgehead atoms. The molecule has 0 saturated heterocycles. The van der Waals surface area contributed by atoms with Gasteiger partial charge in [-0.15, -0.1) is 0 Å². The van der Waals surface area contributed by atoms with Gasteiger partial charge in [-0.25, -0.2) is 0 Å². The second-order valence-electron chi connectivity index (χ2n) is 14.5. The van der Waals surface area contributed by atoms with Gasteiger partial charge in [-0.3, -0.25) is 0 Å². The Morgan fingerprint density at radius 3 is 1.45 bits per heavy atom. The van der Waals surface area contributed by atoms with Crippen LogP contribution >= 0.6 is 0 Å². The summed E-state index contributed by atoms with van der Waals surface area (Å²) in [5.41, 5.74) is 8.13. The average molecular weight is 698 g/mol. The Balaban J connectivity index is 1.09. The van der Waals surface area contributed by atoms with Crippen LogP contribution in [0.15, 0.2) is 212 Å². The minimum absolute atomic E-state index is 1.11. The van der Waals surface area contributed by atoms with Gasteiger partial charge in [0.2, 0.25) is 0 Å². The van der Waals surface area contributed by atoms with E-state index in [9.17, 15) is 0 Å². The molecule has 0 radical (unpaired) electrons. The van der Waals surface area contributed by atoms with Gasteiger partial charge in [0.15, 0.2) is 0 Å². The van der Waals surface area contributed by atoms with Crippen LogP contribution in [0.3, 0.4) is 0 Å². The van der Waals surface area contributed by atoms with E-state index in [1.165, 1.54) is 86.9 Å². The number of anilines is 3. The van der Waals surface area contributed by atoms with Crippen molar-refractivity contribution < 1.29 is 0 Å². The minimum atomic E-state index is 1.11. The first-order chi connectivity index (χ1) is 27.2. The van der Waals surface area contributed by atoms with E-state index in [1.807, 2.05) is 0 Å². The van der Waals surface area contributed by atoms with E-state index >= 15 is 0 Å². The van der Waals surface area contributed by atoms with Crippen LogP contribution in [0.25, 0.3) is 86.9 Å². The van der Waals surface area contributed by atoms with Crippen molar-refractivity contribution in [2.45, 2.75) is 0 Å². The molecule has 0 aliphatic carbocycles. The standard InChI is InChI=1S/C54H35N/c1-2-9-36(10-3-1)43-13-8-14-47(34-43)55(46-29-25-37(26-30-46)44-28-32-50-45(33-44)24-19-38-11-4-6-15-49(38)50)48-31-27-40-18-21-42-23-22-41-20-17-39-12-5-7-16-51(39)53(41)54(42)52(40)35-48/h1-35H. The molecule has 0 amide bonds. The molecule has 0 heterocycles. The molecule has 1 heteroatoms. The molecule has 11 aromatic rings. The lowest BCUT2D eigenvalue weighted by atomic mass is 9.92. The van der Waals surface area contributed by atoms with Crippen molar-refractivity contribution in [1.29, 1.82) is 0 Å². The summed E-state index contributed by atoms with van der Waals surface area (Å²) >= 11 is 0. The third-order valence-electron chi connectivity index (χ3n) is 11.4. The Labute approximate surface area is 320 Å². The Bertz CT molecular complexity index is 3240. The van der Waals surface area contributed by atoms with E-state index in [0.29, 0.717) is 0 Å². The Morgan fingerprint density at radius 2 is 0.691 bits per heavy atom. The van der Waals surface area contributed by atoms with Crippen LogP contribution in [0.4, 0.5) is 17.1 Å². The maximum absolute atomic E-state index is 2.41. The molecule has 0 unspecified atom stereocenters. The topological polar surface area (TPSA) is 3.24 Å². The summed E-state index contributed by atoms with van der Waals surface area (Å²) in [7, 11) is 0. The van der Waals surface area contributed by atoms with Gasteiger partial charge >= 0.3 is 0 Å². The minimum Gasteiger partial charge on any atom is -0.310 e. The molecule has 0 saturated carbocycles. The van der Waals surface area contributed by atoms with Gasteiger partial charge in [-0.05, 0) is 129 Å². The summed E-state index contributed by atoms with van der Waals surface area (Å²) in [4.78, 5) is 2.41. The highest BCUT2D eigenvalue weighted by atomic mass is 15.1. The molecule has 0 aliphatic heterocycles. The molecule has 0 N–H and O–H groups in total. The van der Waals surface area contributed by atoms with Crippen molar-refractivity contribution in [1.82, 2.24) is 0 Å². The molecule has 1 nitrogen and oxygen atoms in total. The van der Waals surface area contributed by atoms with Crippen molar-refractivity contribution in [3.63, 3.8) is 0 Å². The zero-order valence-electron chi connectivity index (χ0n) is 30.2. The van der Waals surface area contributed by atoms with Gasteiger partial charge in [0.1, 0.15) is 0 Å². The van der Waals surface area contributed by atoms with E-state index in [4.69, 9.17) is 0 Å². The highest BCUT2D eigenvalue weighted by Gasteiger charge is 2.17. The van der Waals surface area contributed by atoms with E-state index in [2.05, 4.69) is 217 Å². The first kappa shape index (κ1) is 31.3. The number of rotatable bonds is 5. The van der Waals surface area contributed by atoms with Crippen LogP contribution in [-0.4, -0.2) is 0 Å². The fraction of sp³-hybridized carbons (Fsp3) is 0. The summed E-state index contributed by atoms with van der Waals surface area (Å²) < 4.78 is 0. The van der Waals surface area contributed by atoms with Gasteiger partial charge in [0.25, 0.3) is 0 Å². The summed E-state index contributed by atoms with van der Waals surface area (Å²) in [6.45, 7) is 0. The van der Waals surface area contributed by atoms with Crippen LogP contribution in [0.5, 0.6) is 0 Å². The SMILES string of the molecule is c1ccc(-c2cccc(N(c3ccc(-c4ccc5c(ccc6ccccc65)c4)cc3)c3ccc4ccc5ccc6ccc7ccccc7c6c5c4c3)c2)cc1. The second kappa shape index (κ2) is 12.7. The summed E-state index contributed by atoms with van der Waals surface area (Å²) in [5, 5.41) is 15.2. The van der Waals surface area contributed by atoms with Gasteiger partial charge < -0.3 is 4.90 Å². The molecule has 0 atom stereocenters. The maximum atomic E-state index is 2.41. The van der Waals surface area contributed by atoms with Crippen molar-refractivity contribution in [2.75, 3.05) is 4.90 Å². The summed E-state index contributed by atoms with van der Waals surface area (Å²) in [6.07, 6.45) is 0. The lowest BCUT2D eigenvalue weighted by Gasteiger charge is -2.27. The number of nitrogens with zero attached hydrogens (tertiary/aromatic N) is 1. The number of hydrogen-bond acceptors (Lipinski definition) is 1. The van der Waals surface area contributed by atoms with Gasteiger partial charge in [0, 0.05) is 17.1 Å². The molecular formula is C54H35N. The first-order valence-electron chi connectivity index (χ1n) is 19.0. The van der Waals surface area contributed by atoms with Crippen molar-refractivity contribution in [3.05, 3.63) is 212 Å². The molecule has 55 heavy (non-hydrogen) atoms. The Hall–Kier alpha value is -7.22. The fourth-order valence-electron chi connectivity index (χ4n) is 8.67. The Kier molecular flexibility index (Phi) is 7.25. The highest BCUT2D eigenvalue weighted by Crippen LogP contribution is 2.42. The lowest BCUT2D eigenvalue weighted by molar-refractivity contribution is 1.29. The molecular weight excluding hydrogens is 663 g/mol. The van der Waals surface area contributed by atoms with Crippen molar-refractivity contribution >= 4 is 81.7 Å². The zero-order valence-corrected chi connectivity index (χ0v) is 30.2. The van der Waals surface area contributed by atoms with Gasteiger partial charge in [0.05, 0.1) is 0 Å². The maximum Gasteiger partial charge on any atom is 0.0468 e. The molecule has 0 fully saturated rings. The largest absolute Gasteiger partial charge is 0.310 e. The van der Waals surface area contributed by atoms with Crippen LogP contribution < -0.4 is 4.90 Å².